The van der Waals surface area contributed by atoms with Crippen LogP contribution in [0, 0.1) is 0 Å². The lowest BCUT2D eigenvalue weighted by Gasteiger charge is -2.34. The third-order valence-corrected chi connectivity index (χ3v) is 28.3. The van der Waals surface area contributed by atoms with Gasteiger partial charge in [0.1, 0.15) is 25.3 Å². The normalized spacial score (nSPS) is 15.0. The third-order valence-electron chi connectivity index (χ3n) is 25.4. The quantitative estimate of drug-likeness (QED) is 0.0251. The minimum absolute atomic E-state index is 0.00761. The minimum atomic E-state index is -3.80. The molecule has 1 aliphatic carbocycles. The van der Waals surface area contributed by atoms with Gasteiger partial charge in [-0.1, -0.05) is 133 Å². The van der Waals surface area contributed by atoms with Crippen molar-refractivity contribution >= 4 is 124 Å². The molecule has 6 aliphatic rings. The predicted octanol–water partition coefficient (Wildman–Crippen LogP) is 10.1. The molecule has 8 aromatic carbocycles. The van der Waals surface area contributed by atoms with Crippen LogP contribution in [0.5, 0.6) is 0 Å². The molecule has 744 valence electrons. The molecule has 0 radical (unpaired) electrons. The van der Waals surface area contributed by atoms with Gasteiger partial charge in [-0.15, -0.1) is 0 Å². The average molecular weight is 2020 g/mol. The SMILES string of the molecule is CS(=O)(=O)c1ccc(Nc2ncnc(N3CCN(c4ncc(Cc5ccccc5)cn4)CC3)n2)cc1.NS(=O)(=O)c1ccc(Nc2ncnc(N3CCN(c4ncc(Cc5ccccc5)cn4)CC3)n2)cc1.NS(=O)(=O)c1cccc(Nc2ncnc(N3CCN(c4ncc(Cc5ccccc5)cn4)CC3)n2)c1.c1ccc(Cc2cnc(N3CCN(c4ncnc(Nc5ccc6c(c5)CNCC65CC5)n4)CC3)nc2)cc1. The molecule has 16 aromatic rings. The largest absolute Gasteiger partial charge is 0.337 e. The van der Waals surface area contributed by atoms with E-state index in [-0.39, 0.29) is 14.7 Å². The van der Waals surface area contributed by atoms with Gasteiger partial charge in [0.2, 0.25) is 91.4 Å². The van der Waals surface area contributed by atoms with Gasteiger partial charge < -0.3 is 65.8 Å². The van der Waals surface area contributed by atoms with Gasteiger partial charge in [0.15, 0.2) is 9.84 Å². The fraction of sp³-hybridized carbons (Fsp3) is 0.255. The van der Waals surface area contributed by atoms with Crippen LogP contribution < -0.4 is 76.1 Å². The molecule has 9 N–H and O–H groups in total. The third kappa shape index (κ3) is 26.3. The van der Waals surface area contributed by atoms with E-state index in [0.717, 1.165) is 157 Å². The molecule has 1 saturated carbocycles. The zero-order valence-electron chi connectivity index (χ0n) is 80.0. The smallest absolute Gasteiger partial charge is 0.238 e. The summed E-state index contributed by atoms with van der Waals surface area (Å²) in [5.74, 6) is 6.93. The Balaban J connectivity index is 0.000000123. The Labute approximate surface area is 845 Å². The van der Waals surface area contributed by atoms with Crippen LogP contribution in [0.4, 0.5) is 94.1 Å². The van der Waals surface area contributed by atoms with Crippen molar-refractivity contribution < 1.29 is 25.3 Å². The summed E-state index contributed by atoms with van der Waals surface area (Å²) in [5, 5.41) is 26.5. The van der Waals surface area contributed by atoms with Crippen LogP contribution in [0.25, 0.3) is 0 Å². The van der Waals surface area contributed by atoms with E-state index in [1.807, 2.05) is 110 Å². The van der Waals surface area contributed by atoms with Crippen LogP contribution in [0.15, 0.2) is 302 Å². The summed E-state index contributed by atoms with van der Waals surface area (Å²) in [5.41, 5.74) is 15.4. The molecule has 5 fully saturated rings. The highest BCUT2D eigenvalue weighted by molar-refractivity contribution is 7.90. The highest BCUT2D eigenvalue weighted by Gasteiger charge is 2.47. The number of nitrogens with one attached hydrogen (secondary N) is 5. The van der Waals surface area contributed by atoms with Gasteiger partial charge in [-0.25, -0.2) is 115 Å². The summed E-state index contributed by atoms with van der Waals surface area (Å²) in [7, 11) is -10.8. The number of anilines is 16. The number of sulfonamides is 2. The first kappa shape index (κ1) is 98.2. The number of nitrogens with two attached hydrogens (primary N) is 2. The first-order chi connectivity index (χ1) is 71.0. The zero-order chi connectivity index (χ0) is 100. The fourth-order valence-electron chi connectivity index (χ4n) is 17.4. The number of rotatable bonds is 27. The van der Waals surface area contributed by atoms with Gasteiger partial charge in [0.05, 0.1) is 14.7 Å². The minimum Gasteiger partial charge on any atom is -0.337 e. The molecule has 146 heavy (non-hydrogen) atoms. The molecule has 8 aromatic heterocycles. The molecule has 22 rings (SSSR count). The van der Waals surface area contributed by atoms with Gasteiger partial charge in [-0.05, 0) is 147 Å². The number of fused-ring (bicyclic) bond motifs is 2. The average Bonchev–Trinajstić information content (AvgIpc) is 1.59. The van der Waals surface area contributed by atoms with Gasteiger partial charge >= 0.3 is 0 Å². The number of hydrogen-bond donors (Lipinski definition) is 7. The lowest BCUT2D eigenvalue weighted by atomic mass is 9.88. The van der Waals surface area contributed by atoms with Gasteiger partial charge in [-0.3, -0.25) is 0 Å². The summed E-state index contributed by atoms with van der Waals surface area (Å²) in [6.07, 6.45) is 28.2. The van der Waals surface area contributed by atoms with E-state index in [2.05, 4.69) is 239 Å². The van der Waals surface area contributed by atoms with E-state index in [0.29, 0.717) is 108 Å². The maximum atomic E-state index is 11.6. The van der Waals surface area contributed by atoms with Crippen molar-refractivity contribution in [1.82, 2.24) is 105 Å². The summed E-state index contributed by atoms with van der Waals surface area (Å²) in [6.45, 7) is 13.9. The second-order valence-corrected chi connectivity index (χ2v) is 40.9. The summed E-state index contributed by atoms with van der Waals surface area (Å²) in [4.78, 5) is 107. The standard InChI is InChI=1S/C29H31N9.C25H26N8O2S.2C24H25N9O2S/c1-2-4-21(5-3-1)14-22-16-31-27(32-17-22)37-10-12-38(13-11-37)28-34-20-33-26(36-28)35-24-6-7-25-23(15-24)18-30-19-29(25)8-9-29;1-36(34,35)22-9-7-21(8-10-22)30-23-28-18-29-25(31-23)33-13-11-32(12-14-33)24-26-16-20(17-27-24)15-19-5-3-2-4-6-19;25-36(34,35)21-8-4-7-20(14-21)30-22-28-17-29-24(31-22)33-11-9-32(10-12-33)23-26-15-19(16-27-23)13-18-5-2-1-3-6-18;25-36(34,35)21-8-6-20(7-9-21)30-22-28-17-29-24(31-22)33-12-10-32(11-13-33)23-26-15-19(16-27-23)14-18-4-2-1-3-5-18/h1-7,15-17,20,30H,8-14,18-19H2,(H,33,34,35,36);2-10,16-18H,11-15H2,1H3,(H,28,29,30,31);1-8,14-17H,9-13H2,(H2,25,34,35)(H,28,29,30,31);1-9,15-17H,10-14H2,(H2,25,34,35)(H,28,29,30,31). The molecule has 0 unspecified atom stereocenters. The van der Waals surface area contributed by atoms with Crippen LogP contribution >= 0.6 is 0 Å². The number of aromatic nitrogens is 20. The molecule has 4 saturated heterocycles. The molecular weight excluding hydrogens is 1910 g/mol. The van der Waals surface area contributed by atoms with Crippen molar-refractivity contribution in [2.75, 3.05) is 178 Å². The Morgan fingerprint density at radius 2 is 0.555 bits per heavy atom. The molecule has 41 nitrogen and oxygen atoms in total. The summed E-state index contributed by atoms with van der Waals surface area (Å²) >= 11 is 0. The molecule has 0 bridgehead atoms. The van der Waals surface area contributed by atoms with Crippen molar-refractivity contribution in [3.05, 3.63) is 343 Å². The van der Waals surface area contributed by atoms with Crippen molar-refractivity contribution in [2.45, 2.75) is 65.2 Å². The lowest BCUT2D eigenvalue weighted by Crippen LogP contribution is -2.47. The number of benzene rings is 8. The summed E-state index contributed by atoms with van der Waals surface area (Å²) < 4.78 is 69.4. The van der Waals surface area contributed by atoms with E-state index in [1.54, 1.807) is 54.9 Å². The van der Waals surface area contributed by atoms with Gasteiger partial charge in [0.25, 0.3) is 0 Å². The van der Waals surface area contributed by atoms with E-state index < -0.39 is 29.9 Å². The maximum absolute atomic E-state index is 11.6. The topological polar surface area (TPSA) is 498 Å². The van der Waals surface area contributed by atoms with Crippen LogP contribution in [-0.2, 0) is 67.5 Å². The molecule has 13 heterocycles. The molecular formula is C102H107N35O6S3. The molecule has 0 amide bonds. The van der Waals surface area contributed by atoms with Crippen LogP contribution in [-0.4, -0.2) is 242 Å². The fourth-order valence-corrected chi connectivity index (χ4v) is 19.1. The monoisotopic (exact) mass is 2010 g/mol. The van der Waals surface area contributed by atoms with Crippen molar-refractivity contribution in [3.63, 3.8) is 0 Å². The van der Waals surface area contributed by atoms with Gasteiger partial charge in [0, 0.05) is 227 Å². The Bertz CT molecular complexity index is 7210. The van der Waals surface area contributed by atoms with E-state index in [1.165, 1.54) is 95.7 Å². The molecule has 1 spiro atoms. The van der Waals surface area contributed by atoms with Crippen molar-refractivity contribution in [3.8, 4) is 0 Å². The second-order valence-electron chi connectivity index (χ2n) is 35.7. The lowest BCUT2D eigenvalue weighted by molar-refractivity contribution is 0.531. The highest BCUT2D eigenvalue weighted by Crippen LogP contribution is 2.51. The van der Waals surface area contributed by atoms with Gasteiger partial charge in [-0.2, -0.15) is 19.9 Å². The maximum Gasteiger partial charge on any atom is 0.238 e. The zero-order valence-corrected chi connectivity index (χ0v) is 82.4. The van der Waals surface area contributed by atoms with Crippen LogP contribution in [0.3, 0.4) is 0 Å². The molecule has 44 heteroatoms. The first-order valence-corrected chi connectivity index (χ1v) is 52.7. The number of primary sulfonamides is 2. The second kappa shape index (κ2) is 45.4. The Kier molecular flexibility index (Phi) is 30.5. The number of piperazine rings is 4. The van der Waals surface area contributed by atoms with E-state index >= 15 is 0 Å². The number of sulfone groups is 1. The van der Waals surface area contributed by atoms with E-state index in [4.69, 9.17) is 15.3 Å². The number of hydrogen-bond acceptors (Lipinski definition) is 39. The van der Waals surface area contributed by atoms with Crippen LogP contribution in [0.2, 0.25) is 0 Å². The van der Waals surface area contributed by atoms with Crippen LogP contribution in [0.1, 0.15) is 68.5 Å². The first-order valence-electron chi connectivity index (χ1n) is 47.7. The molecule has 0 atom stereocenters. The Hall–Kier alpha value is -16.6. The Morgan fingerprint density at radius 3 is 0.842 bits per heavy atom. The highest BCUT2D eigenvalue weighted by atomic mass is 32.2. The Morgan fingerprint density at radius 1 is 0.281 bits per heavy atom. The predicted molar refractivity (Wildman–Crippen MR) is 560 cm³/mol. The van der Waals surface area contributed by atoms with Crippen molar-refractivity contribution in [2.24, 2.45) is 10.3 Å². The summed E-state index contributed by atoms with van der Waals surface area (Å²) in [6, 6.07) is 66.6. The number of nitrogens with zero attached hydrogens (tertiary/aromatic N) is 28. The molecule has 5 aliphatic heterocycles. The van der Waals surface area contributed by atoms with E-state index in [9.17, 15) is 25.3 Å². The van der Waals surface area contributed by atoms with Crippen molar-refractivity contribution in [1.29, 1.82) is 0 Å².